The van der Waals surface area contributed by atoms with Gasteiger partial charge in [-0.05, 0) is 25.3 Å². The van der Waals surface area contributed by atoms with Crippen molar-refractivity contribution in [1.82, 2.24) is 14.8 Å². The maximum atomic E-state index is 10.6. The first-order valence-electron chi connectivity index (χ1n) is 5.53. The number of thiophene rings is 1. The SMILES string of the molecule is CC(C)n1c(SCC(=O)O)nnc1-c1sccc1Cl. The Kier molecular flexibility index (Phi) is 4.49. The van der Waals surface area contributed by atoms with Gasteiger partial charge < -0.3 is 5.11 Å². The minimum Gasteiger partial charge on any atom is -0.481 e. The van der Waals surface area contributed by atoms with Crippen molar-refractivity contribution in [3.63, 3.8) is 0 Å². The van der Waals surface area contributed by atoms with Crippen LogP contribution in [0.5, 0.6) is 0 Å². The highest BCUT2D eigenvalue weighted by atomic mass is 35.5. The predicted molar refractivity (Wildman–Crippen MR) is 77.1 cm³/mol. The van der Waals surface area contributed by atoms with E-state index in [-0.39, 0.29) is 11.8 Å². The third-order valence-corrected chi connectivity index (χ3v) is 4.59. The Morgan fingerprint density at radius 2 is 2.32 bits per heavy atom. The summed E-state index contributed by atoms with van der Waals surface area (Å²) in [7, 11) is 0. The second-order valence-corrected chi connectivity index (χ2v) is 6.32. The van der Waals surface area contributed by atoms with Gasteiger partial charge in [0.2, 0.25) is 0 Å². The topological polar surface area (TPSA) is 68.0 Å². The van der Waals surface area contributed by atoms with Crippen LogP contribution in [0.4, 0.5) is 0 Å². The molecule has 5 nitrogen and oxygen atoms in total. The van der Waals surface area contributed by atoms with Crippen LogP contribution in [0, 0.1) is 0 Å². The number of nitrogens with zero attached hydrogens (tertiary/aromatic N) is 3. The van der Waals surface area contributed by atoms with Crippen LogP contribution < -0.4 is 0 Å². The molecule has 2 aromatic heterocycles. The van der Waals surface area contributed by atoms with Gasteiger partial charge in [-0.3, -0.25) is 9.36 Å². The Labute approximate surface area is 123 Å². The fourth-order valence-corrected chi connectivity index (χ4v) is 3.48. The number of rotatable bonds is 5. The average Bonchev–Trinajstić information content (AvgIpc) is 2.91. The molecule has 0 fully saturated rings. The lowest BCUT2D eigenvalue weighted by atomic mass is 10.3. The van der Waals surface area contributed by atoms with Gasteiger partial charge in [-0.2, -0.15) is 0 Å². The number of carbonyl (C=O) groups is 1. The molecule has 0 amide bonds. The van der Waals surface area contributed by atoms with Crippen LogP contribution in [0.25, 0.3) is 10.7 Å². The smallest absolute Gasteiger partial charge is 0.313 e. The lowest BCUT2D eigenvalue weighted by Gasteiger charge is -2.12. The molecule has 0 aliphatic carbocycles. The number of thioether (sulfide) groups is 1. The van der Waals surface area contributed by atoms with E-state index >= 15 is 0 Å². The third kappa shape index (κ3) is 3.10. The summed E-state index contributed by atoms with van der Waals surface area (Å²) in [5, 5.41) is 20.1. The molecule has 0 aliphatic rings. The molecule has 102 valence electrons. The van der Waals surface area contributed by atoms with Crippen molar-refractivity contribution in [2.75, 3.05) is 5.75 Å². The Morgan fingerprint density at radius 3 is 2.84 bits per heavy atom. The standard InChI is InChI=1S/C11H12ClN3O2S2/c1-6(2)15-10(9-7(12)3-4-18-9)13-14-11(15)19-5-8(16)17/h3-4,6H,5H2,1-2H3,(H,16,17). The van der Waals surface area contributed by atoms with Crippen LogP contribution in [0.15, 0.2) is 16.6 Å². The first-order valence-corrected chi connectivity index (χ1v) is 7.78. The Balaban J connectivity index is 2.40. The summed E-state index contributed by atoms with van der Waals surface area (Å²) in [5.74, 6) is -0.231. The maximum Gasteiger partial charge on any atom is 0.313 e. The largest absolute Gasteiger partial charge is 0.481 e. The highest BCUT2D eigenvalue weighted by Gasteiger charge is 2.20. The van der Waals surface area contributed by atoms with Gasteiger partial charge in [0.15, 0.2) is 11.0 Å². The first-order chi connectivity index (χ1) is 9.00. The highest BCUT2D eigenvalue weighted by molar-refractivity contribution is 7.99. The van der Waals surface area contributed by atoms with Crippen LogP contribution in [-0.2, 0) is 4.79 Å². The molecule has 0 aromatic carbocycles. The summed E-state index contributed by atoms with van der Waals surface area (Å²) in [6, 6.07) is 1.93. The molecule has 0 saturated carbocycles. The normalized spacial score (nSPS) is 11.2. The number of aliphatic carboxylic acids is 1. The van der Waals surface area contributed by atoms with E-state index in [4.69, 9.17) is 16.7 Å². The molecule has 0 spiro atoms. The maximum absolute atomic E-state index is 10.6. The zero-order chi connectivity index (χ0) is 14.0. The molecule has 19 heavy (non-hydrogen) atoms. The van der Waals surface area contributed by atoms with Gasteiger partial charge in [0, 0.05) is 6.04 Å². The molecule has 2 heterocycles. The summed E-state index contributed by atoms with van der Waals surface area (Å²) in [5.41, 5.74) is 0. The summed E-state index contributed by atoms with van der Waals surface area (Å²) in [4.78, 5) is 11.5. The van der Waals surface area contributed by atoms with Gasteiger partial charge in [-0.25, -0.2) is 0 Å². The molecule has 0 saturated heterocycles. The molecule has 0 atom stereocenters. The Hall–Kier alpha value is -1.05. The lowest BCUT2D eigenvalue weighted by Crippen LogP contribution is -2.06. The van der Waals surface area contributed by atoms with Crippen molar-refractivity contribution >= 4 is 40.7 Å². The number of carboxylic acid groups (broad SMARTS) is 1. The summed E-state index contributed by atoms with van der Waals surface area (Å²) in [6.07, 6.45) is 0. The van der Waals surface area contributed by atoms with E-state index in [1.54, 1.807) is 0 Å². The van der Waals surface area contributed by atoms with E-state index in [2.05, 4.69) is 10.2 Å². The summed E-state index contributed by atoms with van der Waals surface area (Å²) < 4.78 is 1.91. The lowest BCUT2D eigenvalue weighted by molar-refractivity contribution is -0.133. The Bertz CT molecular complexity index is 595. The van der Waals surface area contributed by atoms with E-state index in [0.717, 1.165) is 16.6 Å². The highest BCUT2D eigenvalue weighted by Crippen LogP contribution is 2.35. The van der Waals surface area contributed by atoms with Crippen molar-refractivity contribution in [2.24, 2.45) is 0 Å². The van der Waals surface area contributed by atoms with Gasteiger partial charge >= 0.3 is 5.97 Å². The van der Waals surface area contributed by atoms with E-state index in [1.165, 1.54) is 11.3 Å². The number of hydrogen-bond acceptors (Lipinski definition) is 5. The van der Waals surface area contributed by atoms with Gasteiger partial charge in [-0.15, -0.1) is 21.5 Å². The monoisotopic (exact) mass is 317 g/mol. The van der Waals surface area contributed by atoms with Crippen LogP contribution in [-0.4, -0.2) is 31.6 Å². The molecule has 2 rings (SSSR count). The quantitative estimate of drug-likeness (QED) is 0.856. The van der Waals surface area contributed by atoms with E-state index in [1.807, 2.05) is 29.9 Å². The number of aromatic nitrogens is 3. The van der Waals surface area contributed by atoms with Gasteiger partial charge in [-0.1, -0.05) is 23.4 Å². The van der Waals surface area contributed by atoms with E-state index in [9.17, 15) is 4.79 Å². The van der Waals surface area contributed by atoms with Crippen LogP contribution in [0.3, 0.4) is 0 Å². The molecule has 8 heteroatoms. The fraction of sp³-hybridized carbons (Fsp3) is 0.364. The zero-order valence-corrected chi connectivity index (χ0v) is 12.7. The first kappa shape index (κ1) is 14.4. The van der Waals surface area contributed by atoms with Crippen molar-refractivity contribution < 1.29 is 9.90 Å². The molecular formula is C11H12ClN3O2S2. The van der Waals surface area contributed by atoms with Crippen LogP contribution in [0.1, 0.15) is 19.9 Å². The second kappa shape index (κ2) is 5.94. The second-order valence-electron chi connectivity index (χ2n) is 4.05. The summed E-state index contributed by atoms with van der Waals surface area (Å²) in [6.45, 7) is 4.00. The van der Waals surface area contributed by atoms with Crippen molar-refractivity contribution in [2.45, 2.75) is 25.0 Å². The average molecular weight is 318 g/mol. The zero-order valence-electron chi connectivity index (χ0n) is 10.3. The number of carboxylic acids is 1. The van der Waals surface area contributed by atoms with Crippen LogP contribution >= 0.6 is 34.7 Å². The van der Waals surface area contributed by atoms with E-state index in [0.29, 0.717) is 16.0 Å². The summed E-state index contributed by atoms with van der Waals surface area (Å²) >= 11 is 8.77. The number of halogens is 1. The molecule has 0 aliphatic heterocycles. The molecule has 2 aromatic rings. The molecule has 0 bridgehead atoms. The van der Waals surface area contributed by atoms with Crippen molar-refractivity contribution in [3.05, 3.63) is 16.5 Å². The van der Waals surface area contributed by atoms with Gasteiger partial charge in [0.1, 0.15) is 0 Å². The minimum atomic E-state index is -0.876. The van der Waals surface area contributed by atoms with E-state index < -0.39 is 5.97 Å². The fourth-order valence-electron chi connectivity index (χ4n) is 1.58. The third-order valence-electron chi connectivity index (χ3n) is 2.33. The van der Waals surface area contributed by atoms with Crippen molar-refractivity contribution in [3.8, 4) is 10.7 Å². The predicted octanol–water partition coefficient (Wildman–Crippen LogP) is 3.42. The Morgan fingerprint density at radius 1 is 1.58 bits per heavy atom. The van der Waals surface area contributed by atoms with Crippen molar-refractivity contribution in [1.29, 1.82) is 0 Å². The van der Waals surface area contributed by atoms with Crippen LogP contribution in [0.2, 0.25) is 5.02 Å². The van der Waals surface area contributed by atoms with Gasteiger partial charge in [0.05, 0.1) is 15.7 Å². The number of hydrogen-bond donors (Lipinski definition) is 1. The minimum absolute atomic E-state index is 0.0387. The van der Waals surface area contributed by atoms with Gasteiger partial charge in [0.25, 0.3) is 0 Å². The molecular weight excluding hydrogens is 306 g/mol. The molecule has 0 unspecified atom stereocenters. The molecule has 1 N–H and O–H groups in total. The molecule has 0 radical (unpaired) electrons.